The van der Waals surface area contributed by atoms with Crippen molar-refractivity contribution in [3.8, 4) is 0 Å². The highest BCUT2D eigenvalue weighted by Crippen LogP contribution is 2.38. The van der Waals surface area contributed by atoms with Gasteiger partial charge in [-0.1, -0.05) is 6.07 Å². The molecule has 10 nitrogen and oxygen atoms in total. The van der Waals surface area contributed by atoms with E-state index in [2.05, 4.69) is 30.2 Å². The van der Waals surface area contributed by atoms with Crippen LogP contribution in [0.5, 0.6) is 0 Å². The van der Waals surface area contributed by atoms with Gasteiger partial charge in [-0.2, -0.15) is 0 Å². The number of hydrogen-bond acceptors (Lipinski definition) is 8. The van der Waals surface area contributed by atoms with Crippen molar-refractivity contribution in [2.24, 2.45) is 0 Å². The van der Waals surface area contributed by atoms with E-state index in [1.165, 1.54) is 10.9 Å². The molecule has 170 valence electrons. The molecule has 0 unspecified atom stereocenters. The SMILES string of the molecule is Cc1nc(Nc2ccccn2)cc(N2CCN(C(=O)Cn3cnc(C4CC4)cc3=O)CC2)n1. The number of piperazine rings is 1. The summed E-state index contributed by atoms with van der Waals surface area (Å²) in [6.45, 7) is 4.30. The third-order valence-electron chi connectivity index (χ3n) is 5.90. The number of aryl methyl sites for hydroxylation is 1. The normalized spacial score (nSPS) is 16.0. The second-order valence-corrected chi connectivity index (χ2v) is 8.42. The van der Waals surface area contributed by atoms with E-state index in [4.69, 9.17) is 0 Å². The Kier molecular flexibility index (Phi) is 5.72. The van der Waals surface area contributed by atoms with Crippen LogP contribution in [0, 0.1) is 6.92 Å². The molecule has 1 aliphatic carbocycles. The average Bonchev–Trinajstić information content (AvgIpc) is 3.66. The van der Waals surface area contributed by atoms with Crippen LogP contribution in [0.2, 0.25) is 0 Å². The van der Waals surface area contributed by atoms with Gasteiger partial charge in [0.1, 0.15) is 29.8 Å². The van der Waals surface area contributed by atoms with Gasteiger partial charge in [0.15, 0.2) is 0 Å². The summed E-state index contributed by atoms with van der Waals surface area (Å²) < 4.78 is 1.39. The third kappa shape index (κ3) is 5.00. The van der Waals surface area contributed by atoms with Gasteiger partial charge in [0.25, 0.3) is 5.56 Å². The lowest BCUT2D eigenvalue weighted by Crippen LogP contribution is -2.50. The van der Waals surface area contributed by atoms with Gasteiger partial charge in [0.05, 0.1) is 12.0 Å². The first-order valence-corrected chi connectivity index (χ1v) is 11.2. The lowest BCUT2D eigenvalue weighted by atomic mass is 10.3. The number of carbonyl (C=O) groups is 1. The van der Waals surface area contributed by atoms with Crippen LogP contribution in [0.25, 0.3) is 0 Å². The summed E-state index contributed by atoms with van der Waals surface area (Å²) in [6, 6.07) is 9.11. The van der Waals surface area contributed by atoms with Gasteiger partial charge < -0.3 is 15.1 Å². The minimum absolute atomic E-state index is 0.0154. The molecule has 0 spiro atoms. The van der Waals surface area contributed by atoms with Crippen molar-refractivity contribution in [1.82, 2.24) is 29.4 Å². The van der Waals surface area contributed by atoms with Crippen LogP contribution in [0.15, 0.2) is 47.7 Å². The number of carbonyl (C=O) groups excluding carboxylic acids is 1. The maximum Gasteiger partial charge on any atom is 0.254 e. The number of aromatic nitrogens is 5. The van der Waals surface area contributed by atoms with Crippen molar-refractivity contribution in [2.75, 3.05) is 36.4 Å². The number of anilines is 3. The van der Waals surface area contributed by atoms with Crippen LogP contribution in [0.1, 0.15) is 30.3 Å². The summed E-state index contributed by atoms with van der Waals surface area (Å²) in [4.78, 5) is 46.7. The highest BCUT2D eigenvalue weighted by Gasteiger charge is 2.26. The number of hydrogen-bond donors (Lipinski definition) is 1. The molecule has 0 bridgehead atoms. The number of nitrogens with zero attached hydrogens (tertiary/aromatic N) is 7. The van der Waals surface area contributed by atoms with Crippen molar-refractivity contribution < 1.29 is 4.79 Å². The number of rotatable bonds is 6. The molecule has 2 fully saturated rings. The molecule has 1 aliphatic heterocycles. The van der Waals surface area contributed by atoms with Gasteiger partial charge in [-0.05, 0) is 31.9 Å². The van der Waals surface area contributed by atoms with Crippen LogP contribution in [0.3, 0.4) is 0 Å². The Hall–Kier alpha value is -3.82. The smallest absolute Gasteiger partial charge is 0.254 e. The quantitative estimate of drug-likeness (QED) is 0.610. The lowest BCUT2D eigenvalue weighted by molar-refractivity contribution is -0.132. The molecule has 5 rings (SSSR count). The molecule has 4 heterocycles. The zero-order valence-electron chi connectivity index (χ0n) is 18.5. The first-order valence-electron chi connectivity index (χ1n) is 11.2. The Balaban J connectivity index is 1.20. The van der Waals surface area contributed by atoms with E-state index < -0.39 is 0 Å². The first-order chi connectivity index (χ1) is 16.0. The van der Waals surface area contributed by atoms with Crippen LogP contribution < -0.4 is 15.8 Å². The van der Waals surface area contributed by atoms with Gasteiger partial charge in [0.2, 0.25) is 5.91 Å². The summed E-state index contributed by atoms with van der Waals surface area (Å²) in [7, 11) is 0. The van der Waals surface area contributed by atoms with Crippen molar-refractivity contribution in [3.63, 3.8) is 0 Å². The molecule has 1 amide bonds. The Morgan fingerprint density at radius 1 is 1.06 bits per heavy atom. The van der Waals surface area contributed by atoms with Gasteiger partial charge >= 0.3 is 0 Å². The molecule has 3 aromatic rings. The molecular formula is C23H26N8O2. The molecule has 0 radical (unpaired) electrons. The maximum absolute atomic E-state index is 12.8. The molecule has 33 heavy (non-hydrogen) atoms. The second kappa shape index (κ2) is 8.97. The Morgan fingerprint density at radius 3 is 2.58 bits per heavy atom. The van der Waals surface area contributed by atoms with E-state index in [9.17, 15) is 9.59 Å². The van der Waals surface area contributed by atoms with E-state index in [1.807, 2.05) is 31.2 Å². The predicted octanol–water partition coefficient (Wildman–Crippen LogP) is 1.71. The van der Waals surface area contributed by atoms with Crippen LogP contribution in [-0.2, 0) is 11.3 Å². The number of pyridine rings is 1. The molecule has 3 aromatic heterocycles. The van der Waals surface area contributed by atoms with Gasteiger partial charge in [0, 0.05) is 50.4 Å². The van der Waals surface area contributed by atoms with Gasteiger partial charge in [-0.15, -0.1) is 0 Å². The lowest BCUT2D eigenvalue weighted by Gasteiger charge is -2.35. The fraction of sp³-hybridized carbons (Fsp3) is 0.391. The Bertz CT molecular complexity index is 1200. The summed E-state index contributed by atoms with van der Waals surface area (Å²) in [5.74, 6) is 3.20. The molecular weight excluding hydrogens is 420 g/mol. The standard InChI is InChI=1S/C23H26N8O2/c1-16-26-20(28-19-4-2-3-7-24-19)13-21(27-16)29-8-10-30(11-9-29)23(33)14-31-15-25-18(12-22(31)32)17-5-6-17/h2-4,7,12-13,15,17H,5-6,8-11,14H2,1H3,(H,24,26,27,28). The number of nitrogens with one attached hydrogen (secondary N) is 1. The van der Waals surface area contributed by atoms with E-state index in [1.54, 1.807) is 17.2 Å². The Labute approximate surface area is 191 Å². The largest absolute Gasteiger partial charge is 0.353 e. The first kappa shape index (κ1) is 21.0. The average molecular weight is 447 g/mol. The van der Waals surface area contributed by atoms with E-state index in [-0.39, 0.29) is 18.0 Å². The topological polar surface area (TPSA) is 109 Å². The molecule has 10 heteroatoms. The van der Waals surface area contributed by atoms with E-state index in [0.717, 1.165) is 24.4 Å². The summed E-state index contributed by atoms with van der Waals surface area (Å²) in [5.41, 5.74) is 0.678. The molecule has 0 aromatic carbocycles. The van der Waals surface area contributed by atoms with Crippen molar-refractivity contribution in [3.05, 3.63) is 64.7 Å². The van der Waals surface area contributed by atoms with Gasteiger partial charge in [-0.3, -0.25) is 14.2 Å². The van der Waals surface area contributed by atoms with Crippen LogP contribution in [-0.4, -0.2) is 61.5 Å². The highest BCUT2D eigenvalue weighted by atomic mass is 16.2. The fourth-order valence-electron chi connectivity index (χ4n) is 3.94. The highest BCUT2D eigenvalue weighted by molar-refractivity contribution is 5.76. The summed E-state index contributed by atoms with van der Waals surface area (Å²) >= 11 is 0. The summed E-state index contributed by atoms with van der Waals surface area (Å²) in [5, 5.41) is 3.21. The summed E-state index contributed by atoms with van der Waals surface area (Å²) in [6.07, 6.45) is 5.40. The fourth-order valence-corrected chi connectivity index (χ4v) is 3.94. The molecule has 0 atom stereocenters. The minimum Gasteiger partial charge on any atom is -0.353 e. The number of amides is 1. The molecule has 1 N–H and O–H groups in total. The second-order valence-electron chi connectivity index (χ2n) is 8.42. The Morgan fingerprint density at radius 2 is 1.88 bits per heavy atom. The molecule has 2 aliphatic rings. The van der Waals surface area contributed by atoms with Crippen LogP contribution in [0.4, 0.5) is 17.5 Å². The predicted molar refractivity (Wildman–Crippen MR) is 124 cm³/mol. The monoisotopic (exact) mass is 446 g/mol. The van der Waals surface area contributed by atoms with E-state index >= 15 is 0 Å². The van der Waals surface area contributed by atoms with Crippen LogP contribution >= 0.6 is 0 Å². The van der Waals surface area contributed by atoms with E-state index in [0.29, 0.717) is 49.6 Å². The molecule has 1 saturated carbocycles. The van der Waals surface area contributed by atoms with Gasteiger partial charge in [-0.25, -0.2) is 19.9 Å². The van der Waals surface area contributed by atoms with Crippen molar-refractivity contribution in [1.29, 1.82) is 0 Å². The van der Waals surface area contributed by atoms with Crippen molar-refractivity contribution in [2.45, 2.75) is 32.2 Å². The maximum atomic E-state index is 12.8. The van der Waals surface area contributed by atoms with Crippen molar-refractivity contribution >= 4 is 23.4 Å². The third-order valence-corrected chi connectivity index (χ3v) is 5.90. The molecule has 1 saturated heterocycles. The zero-order valence-corrected chi connectivity index (χ0v) is 18.5. The zero-order chi connectivity index (χ0) is 22.8. The minimum atomic E-state index is -0.164.